The summed E-state index contributed by atoms with van der Waals surface area (Å²) in [7, 11) is 4.73. The van der Waals surface area contributed by atoms with E-state index in [9.17, 15) is 23.7 Å². The van der Waals surface area contributed by atoms with E-state index >= 15 is 0 Å². The first-order chi connectivity index (χ1) is 12.7. The van der Waals surface area contributed by atoms with E-state index in [1.807, 2.05) is 0 Å². The molecule has 27 heavy (non-hydrogen) atoms. The minimum Gasteiger partial charge on any atom is -0.597 e. The Hall–Kier alpha value is -2.36. The Bertz CT molecular complexity index is 838. The number of halogens is 1. The number of nitrogens with zero attached hydrogens (tertiary/aromatic N) is 2. The van der Waals surface area contributed by atoms with Crippen molar-refractivity contribution in [1.29, 1.82) is 0 Å². The molecule has 1 saturated heterocycles. The van der Waals surface area contributed by atoms with Crippen LogP contribution in [0.5, 0.6) is 0 Å². The van der Waals surface area contributed by atoms with Crippen LogP contribution >= 0.6 is 10.7 Å². The van der Waals surface area contributed by atoms with Gasteiger partial charge in [0.2, 0.25) is 5.37 Å². The molecule has 2 aliphatic heterocycles. The smallest absolute Gasteiger partial charge is 0.333 e. The molecule has 8 nitrogen and oxygen atoms in total. The largest absolute Gasteiger partial charge is 0.597 e. The molecule has 0 bridgehead atoms. The number of carbonyl (C=O) groups is 4. The predicted molar refractivity (Wildman–Crippen MR) is 96.0 cm³/mol. The van der Waals surface area contributed by atoms with E-state index in [0.717, 1.165) is 16.9 Å². The summed E-state index contributed by atoms with van der Waals surface area (Å²) in [6.45, 7) is 5.15. The standard InChI is InChI=1S/C17H15ClN2O6S/c1-8(2)11(17(24)26-3)20-15(23)12(16(20)27(18)25)19-13(21)9-6-4-5-7-10(9)14(19)22/h4-7,11-12,16H,1H2,2-3H3. The maximum absolute atomic E-state index is 12.8. The SMILES string of the molecule is C=C(C)C(C(=O)OC)N1C(=O)C(N2C(=O)c3ccccc3C2=O)C1[S+]([O-])Cl. The highest BCUT2D eigenvalue weighted by Gasteiger charge is 2.65. The monoisotopic (exact) mass is 410 g/mol. The molecular formula is C17H15ClN2O6S. The second-order valence-electron chi connectivity index (χ2n) is 6.13. The van der Waals surface area contributed by atoms with Crippen LogP contribution in [0.15, 0.2) is 36.4 Å². The van der Waals surface area contributed by atoms with Gasteiger partial charge in [-0.3, -0.25) is 24.2 Å². The Morgan fingerprint density at radius 1 is 1.26 bits per heavy atom. The summed E-state index contributed by atoms with van der Waals surface area (Å²) in [5.41, 5.74) is 0.567. The van der Waals surface area contributed by atoms with E-state index in [0.29, 0.717) is 0 Å². The van der Waals surface area contributed by atoms with Gasteiger partial charge in [-0.2, -0.15) is 0 Å². The van der Waals surface area contributed by atoms with Crippen molar-refractivity contribution in [3.8, 4) is 0 Å². The van der Waals surface area contributed by atoms with Gasteiger partial charge in [0, 0.05) is 0 Å². The number of β-lactam (4-membered cyclic amide) rings is 1. The first-order valence-corrected chi connectivity index (χ1v) is 9.85. The minimum atomic E-state index is -2.17. The van der Waals surface area contributed by atoms with E-state index in [4.69, 9.17) is 10.7 Å². The van der Waals surface area contributed by atoms with Gasteiger partial charge in [0.1, 0.15) is 0 Å². The molecule has 2 aliphatic rings. The molecule has 0 radical (unpaired) electrons. The zero-order valence-electron chi connectivity index (χ0n) is 14.4. The fourth-order valence-corrected chi connectivity index (χ4v) is 4.69. The Labute approximate surface area is 162 Å². The van der Waals surface area contributed by atoms with Crippen LogP contribution in [0, 0.1) is 0 Å². The molecular weight excluding hydrogens is 396 g/mol. The number of methoxy groups -OCH3 is 1. The quantitative estimate of drug-likeness (QED) is 0.234. The average molecular weight is 411 g/mol. The normalized spacial score (nSPS) is 23.6. The van der Waals surface area contributed by atoms with Crippen LogP contribution in [0.2, 0.25) is 0 Å². The number of benzene rings is 1. The van der Waals surface area contributed by atoms with Crippen molar-refractivity contribution in [3.63, 3.8) is 0 Å². The molecule has 0 aliphatic carbocycles. The van der Waals surface area contributed by atoms with E-state index in [1.165, 1.54) is 19.1 Å². The molecule has 0 aromatic heterocycles. The molecule has 0 saturated carbocycles. The summed E-state index contributed by atoms with van der Waals surface area (Å²) >= 11 is 0. The fraction of sp³-hybridized carbons (Fsp3) is 0.294. The van der Waals surface area contributed by atoms with Gasteiger partial charge in [0.25, 0.3) is 17.7 Å². The molecule has 3 amide bonds. The lowest BCUT2D eigenvalue weighted by Gasteiger charge is -2.48. The highest BCUT2D eigenvalue weighted by atomic mass is 35.7. The Balaban J connectivity index is 1.98. The van der Waals surface area contributed by atoms with E-state index in [-0.39, 0.29) is 16.7 Å². The van der Waals surface area contributed by atoms with Crippen LogP contribution < -0.4 is 0 Å². The van der Waals surface area contributed by atoms with Crippen molar-refractivity contribution in [3.05, 3.63) is 47.5 Å². The molecule has 1 aromatic rings. The lowest BCUT2D eigenvalue weighted by atomic mass is 9.98. The molecule has 0 spiro atoms. The van der Waals surface area contributed by atoms with Crippen molar-refractivity contribution >= 4 is 44.8 Å². The number of esters is 1. The summed E-state index contributed by atoms with van der Waals surface area (Å²) in [6, 6.07) is 3.52. The number of carbonyl (C=O) groups excluding carboxylic acids is 4. The van der Waals surface area contributed by atoms with Crippen LogP contribution in [-0.2, 0) is 24.7 Å². The average Bonchev–Trinajstić information content (AvgIpc) is 2.87. The number of imide groups is 1. The second-order valence-corrected chi connectivity index (χ2v) is 8.02. The van der Waals surface area contributed by atoms with Crippen LogP contribution in [0.3, 0.4) is 0 Å². The van der Waals surface area contributed by atoms with Crippen LogP contribution in [0.4, 0.5) is 0 Å². The Morgan fingerprint density at radius 2 is 1.78 bits per heavy atom. The van der Waals surface area contributed by atoms with Gasteiger partial charge in [-0.25, -0.2) is 4.79 Å². The van der Waals surface area contributed by atoms with Crippen molar-refractivity contribution in [2.45, 2.75) is 24.4 Å². The summed E-state index contributed by atoms with van der Waals surface area (Å²) in [5.74, 6) is -2.87. The zero-order valence-corrected chi connectivity index (χ0v) is 16.0. The van der Waals surface area contributed by atoms with Crippen molar-refractivity contribution in [2.24, 2.45) is 0 Å². The summed E-state index contributed by atoms with van der Waals surface area (Å²) in [4.78, 5) is 51.9. The Morgan fingerprint density at radius 3 is 2.19 bits per heavy atom. The van der Waals surface area contributed by atoms with E-state index < -0.39 is 51.5 Å². The first-order valence-electron chi connectivity index (χ1n) is 7.81. The number of fused-ring (bicyclic) bond motifs is 1. The molecule has 3 rings (SSSR count). The number of ether oxygens (including phenoxy) is 1. The van der Waals surface area contributed by atoms with Gasteiger partial charge in [-0.1, -0.05) is 18.7 Å². The summed E-state index contributed by atoms with van der Waals surface area (Å²) < 4.78 is 16.8. The Kier molecular flexibility index (Phi) is 5.02. The van der Waals surface area contributed by atoms with Crippen LogP contribution in [0.1, 0.15) is 27.6 Å². The molecule has 0 N–H and O–H groups in total. The zero-order chi connectivity index (χ0) is 20.0. The first kappa shape index (κ1) is 19.4. The molecule has 1 aromatic carbocycles. The highest BCUT2D eigenvalue weighted by molar-refractivity contribution is 8.14. The predicted octanol–water partition coefficient (Wildman–Crippen LogP) is 0.840. The third-order valence-electron chi connectivity index (χ3n) is 4.51. The van der Waals surface area contributed by atoms with Crippen LogP contribution in [-0.4, -0.2) is 62.6 Å². The van der Waals surface area contributed by atoms with Crippen LogP contribution in [0.25, 0.3) is 0 Å². The number of hydrogen-bond acceptors (Lipinski definition) is 6. The van der Waals surface area contributed by atoms with E-state index in [1.54, 1.807) is 12.1 Å². The second kappa shape index (κ2) is 6.99. The third kappa shape index (κ3) is 2.82. The summed E-state index contributed by atoms with van der Waals surface area (Å²) in [5, 5.41) is -1.26. The highest BCUT2D eigenvalue weighted by Crippen LogP contribution is 2.38. The molecule has 4 atom stereocenters. The van der Waals surface area contributed by atoms with Crippen molar-refractivity contribution in [1.82, 2.24) is 9.80 Å². The fourth-order valence-electron chi connectivity index (χ4n) is 3.30. The molecule has 2 heterocycles. The number of hydrogen-bond donors (Lipinski definition) is 0. The van der Waals surface area contributed by atoms with Gasteiger partial charge in [0.05, 0.1) is 28.6 Å². The number of likely N-dealkylation sites (tertiary alicyclic amines) is 1. The minimum absolute atomic E-state index is 0.150. The molecule has 4 unspecified atom stereocenters. The van der Waals surface area contributed by atoms with Gasteiger partial charge in [-0.15, -0.1) is 0 Å². The summed E-state index contributed by atoms with van der Waals surface area (Å²) in [6.07, 6.45) is 0. The van der Waals surface area contributed by atoms with Crippen molar-refractivity contribution in [2.75, 3.05) is 7.11 Å². The lowest BCUT2D eigenvalue weighted by Crippen LogP contribution is -2.76. The van der Waals surface area contributed by atoms with Gasteiger partial charge < -0.3 is 9.29 Å². The maximum atomic E-state index is 12.8. The number of amides is 3. The molecule has 10 heteroatoms. The maximum Gasteiger partial charge on any atom is 0.333 e. The third-order valence-corrected chi connectivity index (χ3v) is 5.93. The van der Waals surface area contributed by atoms with Gasteiger partial charge in [0.15, 0.2) is 22.8 Å². The lowest BCUT2D eigenvalue weighted by molar-refractivity contribution is -0.163. The molecule has 1 fully saturated rings. The van der Waals surface area contributed by atoms with Gasteiger partial charge >= 0.3 is 5.97 Å². The topological polar surface area (TPSA) is 107 Å². The van der Waals surface area contributed by atoms with E-state index in [2.05, 4.69) is 11.3 Å². The number of rotatable bonds is 5. The molecule has 142 valence electrons. The van der Waals surface area contributed by atoms with Gasteiger partial charge in [-0.05, 0) is 24.6 Å². The van der Waals surface area contributed by atoms with Crippen molar-refractivity contribution < 1.29 is 28.5 Å².